The first kappa shape index (κ1) is 13.2. The molecule has 0 aromatic rings. The first-order valence-electron chi connectivity index (χ1n) is 4.88. The van der Waals surface area contributed by atoms with Gasteiger partial charge in [0.1, 0.15) is 5.60 Å². The Morgan fingerprint density at radius 1 is 1.38 bits per heavy atom. The molecule has 1 rings (SSSR count). The number of carbonyl (C=O) groups is 1. The Hall–Kier alpha value is -0.820. The number of nitrogens with zero attached hydrogens (tertiary/aromatic N) is 1. The van der Waals surface area contributed by atoms with Crippen LogP contribution in [0.2, 0.25) is 0 Å². The van der Waals surface area contributed by atoms with Crippen LogP contribution in [0.25, 0.3) is 0 Å². The van der Waals surface area contributed by atoms with E-state index in [1.807, 2.05) is 0 Å². The van der Waals surface area contributed by atoms with Gasteiger partial charge in [0.05, 0.1) is 12.1 Å². The summed E-state index contributed by atoms with van der Waals surface area (Å²) in [4.78, 5) is 11.7. The molecule has 1 fully saturated rings. The van der Waals surface area contributed by atoms with E-state index in [0.29, 0.717) is 4.31 Å². The van der Waals surface area contributed by atoms with Crippen molar-refractivity contribution in [3.05, 3.63) is 0 Å². The van der Waals surface area contributed by atoms with Crippen molar-refractivity contribution < 1.29 is 22.1 Å². The van der Waals surface area contributed by atoms with E-state index in [1.165, 1.54) is 0 Å². The third kappa shape index (κ3) is 2.65. The quantitative estimate of drug-likeness (QED) is 0.648. The zero-order valence-corrected chi connectivity index (χ0v) is 10.9. The van der Waals surface area contributed by atoms with Crippen LogP contribution in [-0.2, 0) is 19.2 Å². The number of amides is 1. The van der Waals surface area contributed by atoms with Gasteiger partial charge in [-0.05, 0) is 34.6 Å². The predicted octanol–water partition coefficient (Wildman–Crippen LogP) is 1.28. The zero-order valence-electron chi connectivity index (χ0n) is 10.1. The van der Waals surface area contributed by atoms with Gasteiger partial charge in [-0.15, -0.1) is 0 Å². The molecule has 0 aromatic carbocycles. The molecule has 0 saturated carbocycles. The molecule has 6 nitrogen and oxygen atoms in total. The van der Waals surface area contributed by atoms with Gasteiger partial charge in [0.25, 0.3) is 0 Å². The van der Waals surface area contributed by atoms with Gasteiger partial charge < -0.3 is 4.74 Å². The molecule has 0 aliphatic carbocycles. The van der Waals surface area contributed by atoms with Crippen LogP contribution in [0.5, 0.6) is 0 Å². The van der Waals surface area contributed by atoms with E-state index in [1.54, 1.807) is 34.6 Å². The lowest BCUT2D eigenvalue weighted by Gasteiger charge is -2.29. The summed E-state index contributed by atoms with van der Waals surface area (Å²) < 4.78 is 33.3. The van der Waals surface area contributed by atoms with Crippen molar-refractivity contribution >= 4 is 16.4 Å². The third-order valence-electron chi connectivity index (χ3n) is 1.89. The van der Waals surface area contributed by atoms with Crippen LogP contribution in [0.4, 0.5) is 4.79 Å². The largest absolute Gasteiger partial charge is 0.443 e. The Morgan fingerprint density at radius 2 is 1.88 bits per heavy atom. The topological polar surface area (TPSA) is 72.9 Å². The van der Waals surface area contributed by atoms with Crippen LogP contribution >= 0.6 is 0 Å². The van der Waals surface area contributed by atoms with Crippen LogP contribution < -0.4 is 0 Å². The summed E-state index contributed by atoms with van der Waals surface area (Å²) in [5.41, 5.74) is -1.66. The van der Waals surface area contributed by atoms with Crippen molar-refractivity contribution in [2.45, 2.75) is 45.8 Å². The Labute approximate surface area is 95.8 Å². The Morgan fingerprint density at radius 3 is 2.19 bits per heavy atom. The molecule has 0 unspecified atom stereocenters. The highest BCUT2D eigenvalue weighted by Gasteiger charge is 2.49. The second-order valence-electron chi connectivity index (χ2n) is 5.28. The Balaban J connectivity index is 2.98. The van der Waals surface area contributed by atoms with Crippen LogP contribution in [0.3, 0.4) is 0 Å². The minimum absolute atomic E-state index is 0.0609. The number of hydrogen-bond donors (Lipinski definition) is 0. The molecule has 1 saturated heterocycles. The number of hydrogen-bond acceptors (Lipinski definition) is 5. The second-order valence-corrected chi connectivity index (χ2v) is 6.73. The summed E-state index contributed by atoms with van der Waals surface area (Å²) in [7, 11) is -4.01. The highest BCUT2D eigenvalue weighted by Crippen LogP contribution is 2.30. The summed E-state index contributed by atoms with van der Waals surface area (Å²) in [6.45, 7) is 8.14. The van der Waals surface area contributed by atoms with E-state index in [9.17, 15) is 13.2 Å². The van der Waals surface area contributed by atoms with E-state index in [4.69, 9.17) is 4.74 Å². The minimum atomic E-state index is -4.01. The first-order valence-corrected chi connectivity index (χ1v) is 6.25. The summed E-state index contributed by atoms with van der Waals surface area (Å²) in [5, 5.41) is 0. The van der Waals surface area contributed by atoms with Gasteiger partial charge in [-0.2, -0.15) is 12.7 Å². The molecule has 1 amide bonds. The number of ether oxygens (including phenoxy) is 1. The van der Waals surface area contributed by atoms with Gasteiger partial charge in [0.15, 0.2) is 0 Å². The molecule has 0 bridgehead atoms. The van der Waals surface area contributed by atoms with Gasteiger partial charge in [-0.1, -0.05) is 0 Å². The summed E-state index contributed by atoms with van der Waals surface area (Å²) >= 11 is 0. The maximum atomic E-state index is 11.7. The summed E-state index contributed by atoms with van der Waals surface area (Å²) in [5.74, 6) is 0. The Kier molecular flexibility index (Phi) is 2.98. The van der Waals surface area contributed by atoms with Crippen molar-refractivity contribution in [1.82, 2.24) is 4.31 Å². The molecule has 0 radical (unpaired) electrons. The van der Waals surface area contributed by atoms with E-state index < -0.39 is 27.5 Å². The van der Waals surface area contributed by atoms with Gasteiger partial charge in [-0.3, -0.25) is 4.18 Å². The van der Waals surface area contributed by atoms with Gasteiger partial charge >= 0.3 is 16.4 Å². The molecule has 1 heterocycles. The molecule has 1 aliphatic rings. The molecule has 0 aromatic heterocycles. The zero-order chi connectivity index (χ0) is 12.8. The lowest BCUT2D eigenvalue weighted by atomic mass is 10.1. The van der Waals surface area contributed by atoms with Crippen molar-refractivity contribution in [3.63, 3.8) is 0 Å². The smallest absolute Gasteiger partial charge is 0.426 e. The van der Waals surface area contributed by atoms with Crippen LogP contribution in [-0.4, -0.2) is 36.6 Å². The van der Waals surface area contributed by atoms with E-state index >= 15 is 0 Å². The van der Waals surface area contributed by atoms with E-state index in [0.717, 1.165) is 0 Å². The fourth-order valence-electron chi connectivity index (χ4n) is 1.27. The van der Waals surface area contributed by atoms with Gasteiger partial charge in [0, 0.05) is 0 Å². The summed E-state index contributed by atoms with van der Waals surface area (Å²) in [6.07, 6.45) is -0.907. The van der Waals surface area contributed by atoms with Crippen LogP contribution in [0, 0.1) is 0 Å². The first-order chi connectivity index (χ1) is 6.96. The fraction of sp³-hybridized carbons (Fsp3) is 0.889. The number of carbonyl (C=O) groups excluding carboxylic acids is 1. The number of rotatable bonds is 0. The maximum absolute atomic E-state index is 11.7. The monoisotopic (exact) mass is 251 g/mol. The minimum Gasteiger partial charge on any atom is -0.443 e. The van der Waals surface area contributed by atoms with E-state index in [2.05, 4.69) is 4.18 Å². The second kappa shape index (κ2) is 3.59. The molecule has 0 N–H and O–H groups in total. The molecule has 1 aliphatic heterocycles. The standard InChI is InChI=1S/C9H17NO5S/c1-8(2,3)15-7(11)10-9(4,5)6-14-16(10,12)13/h6H2,1-5H3. The lowest BCUT2D eigenvalue weighted by molar-refractivity contribution is 0.0291. The van der Waals surface area contributed by atoms with Crippen LogP contribution in [0.1, 0.15) is 34.6 Å². The van der Waals surface area contributed by atoms with Gasteiger partial charge in [0.2, 0.25) is 0 Å². The van der Waals surface area contributed by atoms with Crippen molar-refractivity contribution in [3.8, 4) is 0 Å². The molecule has 16 heavy (non-hydrogen) atoms. The van der Waals surface area contributed by atoms with Gasteiger partial charge in [-0.25, -0.2) is 4.79 Å². The third-order valence-corrected chi connectivity index (χ3v) is 3.40. The molecule has 0 spiro atoms. The average Bonchev–Trinajstić information content (AvgIpc) is 2.16. The van der Waals surface area contributed by atoms with Crippen molar-refractivity contribution in [2.24, 2.45) is 0 Å². The van der Waals surface area contributed by atoms with Crippen LogP contribution in [0.15, 0.2) is 0 Å². The fourth-order valence-corrected chi connectivity index (χ4v) is 2.70. The highest BCUT2D eigenvalue weighted by molar-refractivity contribution is 7.85. The Bertz CT molecular complexity index is 393. The van der Waals surface area contributed by atoms with Crippen molar-refractivity contribution in [1.29, 1.82) is 0 Å². The maximum Gasteiger partial charge on any atom is 0.426 e. The highest BCUT2D eigenvalue weighted by atomic mass is 32.2. The van der Waals surface area contributed by atoms with E-state index in [-0.39, 0.29) is 6.61 Å². The van der Waals surface area contributed by atoms with Crippen molar-refractivity contribution in [2.75, 3.05) is 6.61 Å². The SMILES string of the molecule is CC(C)(C)OC(=O)N1C(C)(C)COS1(=O)=O. The molecule has 94 valence electrons. The molecule has 7 heteroatoms. The lowest BCUT2D eigenvalue weighted by Crippen LogP contribution is -2.48. The molecular formula is C9H17NO5S. The molecular weight excluding hydrogens is 234 g/mol. The normalized spacial score (nSPS) is 23.2. The average molecular weight is 251 g/mol. The summed E-state index contributed by atoms with van der Waals surface area (Å²) in [6, 6.07) is 0. The molecule has 0 atom stereocenters. The predicted molar refractivity (Wildman–Crippen MR) is 57.0 cm³/mol.